The average Bonchev–Trinajstić information content (AvgIpc) is 2.57. The van der Waals surface area contributed by atoms with Crippen LogP contribution in [0, 0.1) is 0 Å². The van der Waals surface area contributed by atoms with Gasteiger partial charge in [-0.05, 0) is 50.2 Å². The highest BCUT2D eigenvalue weighted by Gasteiger charge is 2.22. The summed E-state index contributed by atoms with van der Waals surface area (Å²) in [5.41, 5.74) is 0.479. The minimum absolute atomic E-state index is 0.0336. The molecule has 0 fully saturated rings. The number of nitrogens with one attached hydrogen (secondary N) is 2. The van der Waals surface area contributed by atoms with Crippen molar-refractivity contribution in [2.75, 3.05) is 11.9 Å². The number of carbonyl (C=O) groups excluding carboxylic acids is 1. The fraction of sp³-hybridized carbons (Fsp3) is 0.235. The van der Waals surface area contributed by atoms with E-state index < -0.39 is 22.0 Å². The summed E-state index contributed by atoms with van der Waals surface area (Å²) in [6, 6.07) is 11.7. The molecule has 0 aliphatic rings. The van der Waals surface area contributed by atoms with Crippen molar-refractivity contribution in [3.8, 4) is 5.75 Å². The Balaban J connectivity index is 2.09. The van der Waals surface area contributed by atoms with E-state index in [1.165, 1.54) is 31.2 Å². The molecule has 0 bridgehead atoms. The van der Waals surface area contributed by atoms with E-state index in [2.05, 4.69) is 10.0 Å². The summed E-state index contributed by atoms with van der Waals surface area (Å²) in [6.07, 6.45) is 0. The molecule has 0 saturated heterocycles. The Labute approximate surface area is 152 Å². The van der Waals surface area contributed by atoms with Gasteiger partial charge in [-0.2, -0.15) is 4.72 Å². The van der Waals surface area contributed by atoms with E-state index in [0.29, 0.717) is 23.1 Å². The topological polar surface area (TPSA) is 84.5 Å². The van der Waals surface area contributed by atoms with Crippen LogP contribution in [-0.4, -0.2) is 27.0 Å². The van der Waals surface area contributed by atoms with Crippen molar-refractivity contribution in [3.05, 3.63) is 53.6 Å². The van der Waals surface area contributed by atoms with E-state index in [4.69, 9.17) is 16.3 Å². The second-order valence-electron chi connectivity index (χ2n) is 5.22. The Morgan fingerprint density at radius 2 is 1.80 bits per heavy atom. The molecule has 2 N–H and O–H groups in total. The van der Waals surface area contributed by atoms with Crippen LogP contribution in [0.25, 0.3) is 0 Å². The van der Waals surface area contributed by atoms with Crippen LogP contribution >= 0.6 is 11.6 Å². The lowest BCUT2D eigenvalue weighted by atomic mass is 10.2. The number of para-hydroxylation sites is 2. The molecule has 0 unspecified atom stereocenters. The molecule has 0 aromatic heterocycles. The maximum absolute atomic E-state index is 12.3. The van der Waals surface area contributed by atoms with Gasteiger partial charge in [-0.25, -0.2) is 8.42 Å². The van der Waals surface area contributed by atoms with Gasteiger partial charge in [0, 0.05) is 5.02 Å². The second-order valence-corrected chi connectivity index (χ2v) is 7.37. The van der Waals surface area contributed by atoms with Gasteiger partial charge in [-0.1, -0.05) is 23.7 Å². The third kappa shape index (κ3) is 5.19. The molecular weight excluding hydrogens is 364 g/mol. The number of hydrogen-bond acceptors (Lipinski definition) is 4. The highest BCUT2D eigenvalue weighted by molar-refractivity contribution is 7.89. The highest BCUT2D eigenvalue weighted by atomic mass is 35.5. The minimum atomic E-state index is -3.83. The van der Waals surface area contributed by atoms with Crippen molar-refractivity contribution in [2.45, 2.75) is 24.8 Å². The standard InChI is InChI=1S/C17H19ClN2O4S/c1-3-24-16-7-5-4-6-15(16)19-17(21)12(2)20-25(22,23)14-10-8-13(18)9-11-14/h4-12,20H,3H2,1-2H3,(H,19,21)/t12-/m0/s1. The molecule has 2 rings (SSSR count). The van der Waals surface area contributed by atoms with Crippen LogP contribution in [0.3, 0.4) is 0 Å². The summed E-state index contributed by atoms with van der Waals surface area (Å²) >= 11 is 5.76. The van der Waals surface area contributed by atoms with Crippen LogP contribution in [-0.2, 0) is 14.8 Å². The SMILES string of the molecule is CCOc1ccccc1NC(=O)[C@H](C)NS(=O)(=O)c1ccc(Cl)cc1. The van der Waals surface area contributed by atoms with Gasteiger partial charge in [0.05, 0.1) is 23.2 Å². The maximum Gasteiger partial charge on any atom is 0.242 e. The number of amides is 1. The quantitative estimate of drug-likeness (QED) is 0.770. The van der Waals surface area contributed by atoms with Crippen LogP contribution in [0.15, 0.2) is 53.4 Å². The van der Waals surface area contributed by atoms with E-state index in [1.807, 2.05) is 6.92 Å². The van der Waals surface area contributed by atoms with Gasteiger partial charge in [0.2, 0.25) is 15.9 Å². The van der Waals surface area contributed by atoms with Crippen LogP contribution < -0.4 is 14.8 Å². The van der Waals surface area contributed by atoms with Crippen molar-refractivity contribution >= 4 is 33.2 Å². The van der Waals surface area contributed by atoms with E-state index in [9.17, 15) is 13.2 Å². The van der Waals surface area contributed by atoms with Crippen molar-refractivity contribution in [2.24, 2.45) is 0 Å². The van der Waals surface area contributed by atoms with Crippen molar-refractivity contribution in [1.82, 2.24) is 4.72 Å². The summed E-state index contributed by atoms with van der Waals surface area (Å²) in [4.78, 5) is 12.4. The smallest absolute Gasteiger partial charge is 0.242 e. The first-order valence-electron chi connectivity index (χ1n) is 7.64. The van der Waals surface area contributed by atoms with Gasteiger partial charge in [-0.15, -0.1) is 0 Å². The van der Waals surface area contributed by atoms with Crippen molar-refractivity contribution in [1.29, 1.82) is 0 Å². The molecule has 0 spiro atoms. The highest BCUT2D eigenvalue weighted by Crippen LogP contribution is 2.24. The second kappa shape index (κ2) is 8.33. The summed E-state index contributed by atoms with van der Waals surface area (Å²) in [5, 5.41) is 3.09. The molecule has 2 aromatic rings. The molecule has 0 aliphatic heterocycles. The normalized spacial score (nSPS) is 12.4. The largest absolute Gasteiger partial charge is 0.492 e. The number of sulfonamides is 1. The molecule has 8 heteroatoms. The average molecular weight is 383 g/mol. The van der Waals surface area contributed by atoms with Crippen LogP contribution in [0.5, 0.6) is 5.75 Å². The number of benzene rings is 2. The Bertz CT molecular complexity index is 838. The van der Waals surface area contributed by atoms with Gasteiger partial charge >= 0.3 is 0 Å². The van der Waals surface area contributed by atoms with Gasteiger partial charge in [-0.3, -0.25) is 4.79 Å². The summed E-state index contributed by atoms with van der Waals surface area (Å²) in [6.45, 7) is 3.75. The number of anilines is 1. The third-order valence-corrected chi connectivity index (χ3v) is 5.10. The lowest BCUT2D eigenvalue weighted by Crippen LogP contribution is -2.41. The Kier molecular flexibility index (Phi) is 6.41. The lowest BCUT2D eigenvalue weighted by molar-refractivity contribution is -0.117. The van der Waals surface area contributed by atoms with E-state index in [-0.39, 0.29) is 4.90 Å². The third-order valence-electron chi connectivity index (χ3n) is 3.29. The zero-order valence-electron chi connectivity index (χ0n) is 13.8. The van der Waals surface area contributed by atoms with E-state index in [1.54, 1.807) is 24.3 Å². The van der Waals surface area contributed by atoms with E-state index >= 15 is 0 Å². The number of carbonyl (C=O) groups is 1. The lowest BCUT2D eigenvalue weighted by Gasteiger charge is -2.16. The summed E-state index contributed by atoms with van der Waals surface area (Å²) in [5.74, 6) is 0.0239. The molecule has 6 nitrogen and oxygen atoms in total. The molecule has 0 saturated carbocycles. The van der Waals surface area contributed by atoms with Crippen molar-refractivity contribution in [3.63, 3.8) is 0 Å². The molecule has 1 atom stereocenters. The fourth-order valence-electron chi connectivity index (χ4n) is 2.06. The first kappa shape index (κ1) is 19.2. The van der Waals surface area contributed by atoms with Crippen molar-refractivity contribution < 1.29 is 17.9 Å². The first-order valence-corrected chi connectivity index (χ1v) is 9.50. The summed E-state index contributed by atoms with van der Waals surface area (Å²) < 4.78 is 32.4. The maximum atomic E-state index is 12.3. The molecule has 0 heterocycles. The Hall–Kier alpha value is -2.09. The Morgan fingerprint density at radius 3 is 2.44 bits per heavy atom. The number of ether oxygens (including phenoxy) is 1. The zero-order chi connectivity index (χ0) is 18.4. The predicted octanol–water partition coefficient (Wildman–Crippen LogP) is 3.04. The van der Waals surface area contributed by atoms with Gasteiger partial charge < -0.3 is 10.1 Å². The number of hydrogen-bond donors (Lipinski definition) is 2. The molecule has 0 aliphatic carbocycles. The van der Waals surface area contributed by atoms with Crippen LogP contribution in [0.4, 0.5) is 5.69 Å². The molecule has 1 amide bonds. The molecule has 2 aromatic carbocycles. The van der Waals surface area contributed by atoms with Gasteiger partial charge in [0.25, 0.3) is 0 Å². The predicted molar refractivity (Wildman–Crippen MR) is 97.5 cm³/mol. The Morgan fingerprint density at radius 1 is 1.16 bits per heavy atom. The molecule has 25 heavy (non-hydrogen) atoms. The van der Waals surface area contributed by atoms with E-state index in [0.717, 1.165) is 0 Å². The molecule has 0 radical (unpaired) electrons. The summed E-state index contributed by atoms with van der Waals surface area (Å²) in [7, 11) is -3.83. The van der Waals surface area contributed by atoms with Gasteiger partial charge in [0.1, 0.15) is 5.75 Å². The van der Waals surface area contributed by atoms with Crippen LogP contribution in [0.2, 0.25) is 5.02 Å². The van der Waals surface area contributed by atoms with Crippen LogP contribution in [0.1, 0.15) is 13.8 Å². The van der Waals surface area contributed by atoms with Gasteiger partial charge in [0.15, 0.2) is 0 Å². The fourth-order valence-corrected chi connectivity index (χ4v) is 3.39. The number of rotatable bonds is 7. The molecular formula is C17H19ClN2O4S. The molecule has 134 valence electrons. The zero-order valence-corrected chi connectivity index (χ0v) is 15.4. The number of halogens is 1. The minimum Gasteiger partial charge on any atom is -0.492 e. The monoisotopic (exact) mass is 382 g/mol. The first-order chi connectivity index (χ1) is 11.8.